The van der Waals surface area contributed by atoms with Crippen molar-refractivity contribution in [2.45, 2.75) is 13.0 Å². The molecular weight excluding hydrogens is 363 g/mol. The van der Waals surface area contributed by atoms with Crippen molar-refractivity contribution in [2.24, 2.45) is 0 Å². The Morgan fingerprint density at radius 2 is 2.04 bits per heavy atom. The fourth-order valence-corrected chi connectivity index (χ4v) is 4.22. The van der Waals surface area contributed by atoms with Crippen LogP contribution >= 0.6 is 11.3 Å². The van der Waals surface area contributed by atoms with Crippen LogP contribution < -0.4 is 5.32 Å². The Balaban J connectivity index is 1.88. The maximum absolute atomic E-state index is 14.0. The van der Waals surface area contributed by atoms with Crippen molar-refractivity contribution in [3.63, 3.8) is 0 Å². The molecule has 6 heteroatoms. The molecule has 1 aliphatic heterocycles. The van der Waals surface area contributed by atoms with Gasteiger partial charge in [-0.3, -0.25) is 9.59 Å². The van der Waals surface area contributed by atoms with E-state index in [1.807, 2.05) is 36.6 Å². The van der Waals surface area contributed by atoms with Crippen LogP contribution in [0.25, 0.3) is 0 Å². The Hall–Kier alpha value is -2.99. The molecule has 3 aromatic rings. The summed E-state index contributed by atoms with van der Waals surface area (Å²) in [6.45, 7) is 1.80. The maximum Gasteiger partial charge on any atom is 0.255 e. The van der Waals surface area contributed by atoms with Crippen molar-refractivity contribution in [3.8, 4) is 0 Å². The zero-order valence-electron chi connectivity index (χ0n) is 14.6. The van der Waals surface area contributed by atoms with Crippen LogP contribution in [0.4, 0.5) is 10.1 Å². The zero-order chi connectivity index (χ0) is 19.0. The van der Waals surface area contributed by atoms with Gasteiger partial charge in [-0.1, -0.05) is 23.8 Å². The van der Waals surface area contributed by atoms with Gasteiger partial charge < -0.3 is 10.2 Å². The van der Waals surface area contributed by atoms with E-state index < -0.39 is 11.9 Å². The first-order valence-electron chi connectivity index (χ1n) is 8.53. The third-order valence-electron chi connectivity index (χ3n) is 4.55. The number of aryl methyl sites for hydroxylation is 1. The normalized spacial score (nSPS) is 16.4. The minimum Gasteiger partial charge on any atom is -0.324 e. The quantitative estimate of drug-likeness (QED) is 0.717. The van der Waals surface area contributed by atoms with Gasteiger partial charge in [0.2, 0.25) is 5.91 Å². The number of nitrogens with one attached hydrogen (secondary N) is 1. The van der Waals surface area contributed by atoms with E-state index in [-0.39, 0.29) is 18.4 Å². The Morgan fingerprint density at radius 3 is 2.78 bits per heavy atom. The van der Waals surface area contributed by atoms with Crippen molar-refractivity contribution in [1.29, 1.82) is 0 Å². The maximum atomic E-state index is 14.0. The second kappa shape index (κ2) is 6.96. The van der Waals surface area contributed by atoms with Crippen LogP contribution in [0.1, 0.15) is 32.4 Å². The molecule has 1 unspecified atom stereocenters. The Kier molecular flexibility index (Phi) is 4.49. The molecule has 0 spiro atoms. The lowest BCUT2D eigenvalue weighted by Gasteiger charge is -2.29. The molecule has 27 heavy (non-hydrogen) atoms. The minimum absolute atomic E-state index is 0.106. The lowest BCUT2D eigenvalue weighted by molar-refractivity contribution is -0.117. The summed E-state index contributed by atoms with van der Waals surface area (Å²) >= 11 is 1.47. The molecule has 1 atom stereocenters. The number of thiophene rings is 1. The van der Waals surface area contributed by atoms with Crippen molar-refractivity contribution >= 4 is 28.8 Å². The largest absolute Gasteiger partial charge is 0.324 e. The van der Waals surface area contributed by atoms with Gasteiger partial charge in [-0.15, -0.1) is 11.3 Å². The summed E-state index contributed by atoms with van der Waals surface area (Å²) in [6.07, 6.45) is 0. The number of carbonyl (C=O) groups is 2. The lowest BCUT2D eigenvalue weighted by Crippen LogP contribution is -2.38. The van der Waals surface area contributed by atoms with Gasteiger partial charge in [0.25, 0.3) is 5.91 Å². The Bertz CT molecular complexity index is 1020. The van der Waals surface area contributed by atoms with Crippen LogP contribution in [0.2, 0.25) is 0 Å². The molecule has 4 nitrogen and oxygen atoms in total. The van der Waals surface area contributed by atoms with Crippen molar-refractivity contribution in [1.82, 2.24) is 4.90 Å². The Morgan fingerprint density at radius 1 is 1.19 bits per heavy atom. The van der Waals surface area contributed by atoms with E-state index in [2.05, 4.69) is 5.32 Å². The fraction of sp³-hybridized carbons (Fsp3) is 0.143. The molecule has 136 valence electrons. The third-order valence-corrected chi connectivity index (χ3v) is 5.47. The van der Waals surface area contributed by atoms with E-state index in [9.17, 15) is 14.0 Å². The number of fused-ring (bicyclic) bond motifs is 1. The highest BCUT2D eigenvalue weighted by molar-refractivity contribution is 7.10. The molecule has 4 rings (SSSR count). The van der Waals surface area contributed by atoms with Gasteiger partial charge in [0.15, 0.2) is 0 Å². The summed E-state index contributed by atoms with van der Waals surface area (Å²) in [6, 6.07) is 14.7. The predicted molar refractivity (Wildman–Crippen MR) is 103 cm³/mol. The number of rotatable bonds is 2. The van der Waals surface area contributed by atoms with Crippen LogP contribution in [0.15, 0.2) is 60.0 Å². The summed E-state index contributed by atoms with van der Waals surface area (Å²) in [4.78, 5) is 28.2. The topological polar surface area (TPSA) is 49.4 Å². The fourth-order valence-electron chi connectivity index (χ4n) is 3.36. The number of amides is 2. The first-order valence-corrected chi connectivity index (χ1v) is 9.41. The molecule has 2 aromatic carbocycles. The molecule has 0 saturated heterocycles. The molecular formula is C21H17FN2O2S. The van der Waals surface area contributed by atoms with Gasteiger partial charge in [0.05, 0.1) is 6.04 Å². The summed E-state index contributed by atoms with van der Waals surface area (Å²) in [5, 5.41) is 4.70. The van der Waals surface area contributed by atoms with Gasteiger partial charge >= 0.3 is 0 Å². The molecule has 2 amide bonds. The summed E-state index contributed by atoms with van der Waals surface area (Å²) in [5.41, 5.74) is 2.56. The second-order valence-corrected chi connectivity index (χ2v) is 7.48. The van der Waals surface area contributed by atoms with Crippen molar-refractivity contribution in [2.75, 3.05) is 11.9 Å². The number of benzene rings is 2. The van der Waals surface area contributed by atoms with E-state index in [1.165, 1.54) is 28.4 Å². The Labute approximate surface area is 160 Å². The SMILES string of the molecule is Cc1cccc(C(=O)N2CC(=O)Nc3ccc(F)cc3C2c2cccs2)c1. The molecule has 0 bridgehead atoms. The number of hydrogen-bond acceptors (Lipinski definition) is 3. The summed E-state index contributed by atoms with van der Waals surface area (Å²) in [7, 11) is 0. The average molecular weight is 380 g/mol. The van der Waals surface area contributed by atoms with E-state index in [0.717, 1.165) is 10.4 Å². The number of nitrogens with zero attached hydrogens (tertiary/aromatic N) is 1. The van der Waals surface area contributed by atoms with Gasteiger partial charge in [0.1, 0.15) is 12.4 Å². The number of halogens is 1. The first-order chi connectivity index (χ1) is 13.0. The monoisotopic (exact) mass is 380 g/mol. The van der Waals surface area contributed by atoms with Gasteiger partial charge in [-0.25, -0.2) is 4.39 Å². The average Bonchev–Trinajstić information content (AvgIpc) is 3.12. The van der Waals surface area contributed by atoms with Gasteiger partial charge in [0, 0.05) is 21.7 Å². The first kappa shape index (κ1) is 17.4. The summed E-state index contributed by atoms with van der Waals surface area (Å²) < 4.78 is 14.0. The summed E-state index contributed by atoms with van der Waals surface area (Å²) in [5.74, 6) is -0.971. The van der Waals surface area contributed by atoms with Crippen LogP contribution in [-0.4, -0.2) is 23.3 Å². The highest BCUT2D eigenvalue weighted by Gasteiger charge is 2.34. The minimum atomic E-state index is -0.539. The second-order valence-electron chi connectivity index (χ2n) is 6.50. The highest BCUT2D eigenvalue weighted by atomic mass is 32.1. The van der Waals surface area contributed by atoms with Crippen LogP contribution in [0, 0.1) is 12.7 Å². The zero-order valence-corrected chi connectivity index (χ0v) is 15.4. The molecule has 1 N–H and O–H groups in total. The van der Waals surface area contributed by atoms with E-state index in [1.54, 1.807) is 18.2 Å². The highest BCUT2D eigenvalue weighted by Crippen LogP contribution is 2.38. The van der Waals surface area contributed by atoms with Crippen molar-refractivity contribution in [3.05, 3.63) is 87.4 Å². The molecule has 1 aromatic heterocycles. The molecule has 0 aliphatic carbocycles. The van der Waals surface area contributed by atoms with Gasteiger partial charge in [-0.2, -0.15) is 0 Å². The predicted octanol–water partition coefficient (Wildman–Crippen LogP) is 4.38. The standard InChI is InChI=1S/C21H17FN2O2S/c1-13-4-2-5-14(10-13)21(26)24-12-19(25)23-17-8-7-15(22)11-16(17)20(24)18-6-3-9-27-18/h2-11,20H,12H2,1H3,(H,23,25). The number of hydrogen-bond donors (Lipinski definition) is 1. The smallest absolute Gasteiger partial charge is 0.255 e. The molecule has 2 heterocycles. The van der Waals surface area contributed by atoms with Crippen molar-refractivity contribution < 1.29 is 14.0 Å². The van der Waals surface area contributed by atoms with Crippen LogP contribution in [0.3, 0.4) is 0 Å². The lowest BCUT2D eigenvalue weighted by atomic mass is 10.0. The van der Waals surface area contributed by atoms with E-state index in [4.69, 9.17) is 0 Å². The number of anilines is 1. The molecule has 0 saturated carbocycles. The molecule has 1 aliphatic rings. The van der Waals surface area contributed by atoms with Crippen LogP contribution in [-0.2, 0) is 4.79 Å². The van der Waals surface area contributed by atoms with Crippen LogP contribution in [0.5, 0.6) is 0 Å². The van der Waals surface area contributed by atoms with E-state index in [0.29, 0.717) is 16.8 Å². The number of carbonyl (C=O) groups excluding carboxylic acids is 2. The van der Waals surface area contributed by atoms with E-state index >= 15 is 0 Å². The third kappa shape index (κ3) is 3.36. The van der Waals surface area contributed by atoms with Gasteiger partial charge in [-0.05, 0) is 48.7 Å². The molecule has 0 radical (unpaired) electrons. The molecule has 0 fully saturated rings.